The van der Waals surface area contributed by atoms with Crippen LogP contribution in [0.15, 0.2) is 18.2 Å². The van der Waals surface area contributed by atoms with E-state index in [9.17, 15) is 0 Å². The van der Waals surface area contributed by atoms with Crippen LogP contribution >= 0.6 is 0 Å². The van der Waals surface area contributed by atoms with Crippen LogP contribution in [0.25, 0.3) is 0 Å². The standard InChI is InChI=1S/C27H47NSe/c1-4-5-6-7-8-9-10-11-12-13-14-15-16-17-18-19-22-28-25(3)29-27-21-20-24(2)23-26(27)28/h20-21,23,25H,4-19,22H2,1-3H3. The van der Waals surface area contributed by atoms with Crippen molar-refractivity contribution in [2.45, 2.75) is 128 Å². The van der Waals surface area contributed by atoms with E-state index in [1.54, 1.807) is 10.1 Å². The molecule has 1 aromatic rings. The SMILES string of the molecule is CCCCCCCCCCCCCCCCCCN1c2cc(C)ccc2[Se]C1C. The zero-order valence-corrected chi connectivity index (χ0v) is 21.4. The van der Waals surface area contributed by atoms with E-state index in [1.807, 2.05) is 0 Å². The summed E-state index contributed by atoms with van der Waals surface area (Å²) in [7, 11) is 0. The Morgan fingerprint density at radius 1 is 0.724 bits per heavy atom. The predicted molar refractivity (Wildman–Crippen MR) is 133 cm³/mol. The van der Waals surface area contributed by atoms with Crippen molar-refractivity contribution in [3.63, 3.8) is 0 Å². The first kappa shape index (κ1) is 24.8. The topological polar surface area (TPSA) is 3.24 Å². The molecule has 0 fully saturated rings. The molecule has 0 aliphatic carbocycles. The number of benzene rings is 1. The fraction of sp³-hybridized carbons (Fsp3) is 0.778. The monoisotopic (exact) mass is 465 g/mol. The van der Waals surface area contributed by atoms with Crippen molar-refractivity contribution < 1.29 is 0 Å². The van der Waals surface area contributed by atoms with Gasteiger partial charge in [-0.25, -0.2) is 0 Å². The molecule has 0 saturated carbocycles. The number of aryl methyl sites for hydroxylation is 1. The Morgan fingerprint density at radius 2 is 1.21 bits per heavy atom. The molecule has 2 heteroatoms. The molecule has 166 valence electrons. The van der Waals surface area contributed by atoms with E-state index < -0.39 is 0 Å². The Kier molecular flexibility index (Phi) is 13.1. The van der Waals surface area contributed by atoms with Crippen molar-refractivity contribution in [3.8, 4) is 0 Å². The number of nitrogens with zero attached hydrogens (tertiary/aromatic N) is 1. The summed E-state index contributed by atoms with van der Waals surface area (Å²) < 4.78 is 1.62. The molecule has 29 heavy (non-hydrogen) atoms. The van der Waals surface area contributed by atoms with Gasteiger partial charge in [0.15, 0.2) is 0 Å². The second-order valence-electron chi connectivity index (χ2n) is 9.19. The third-order valence-electron chi connectivity index (χ3n) is 6.41. The van der Waals surface area contributed by atoms with Crippen LogP contribution in [0, 0.1) is 6.92 Å². The van der Waals surface area contributed by atoms with Crippen molar-refractivity contribution in [1.29, 1.82) is 0 Å². The quantitative estimate of drug-likeness (QED) is 0.168. The molecular weight excluding hydrogens is 417 g/mol. The third-order valence-corrected chi connectivity index (χ3v) is 8.92. The molecule has 0 bridgehead atoms. The van der Waals surface area contributed by atoms with Crippen molar-refractivity contribution in [3.05, 3.63) is 23.8 Å². The van der Waals surface area contributed by atoms with Gasteiger partial charge in [0.2, 0.25) is 0 Å². The molecule has 1 aromatic carbocycles. The van der Waals surface area contributed by atoms with Gasteiger partial charge in [0, 0.05) is 0 Å². The van der Waals surface area contributed by atoms with Crippen LogP contribution in [-0.4, -0.2) is 26.4 Å². The van der Waals surface area contributed by atoms with E-state index in [1.165, 1.54) is 115 Å². The van der Waals surface area contributed by atoms with Crippen LogP contribution in [-0.2, 0) is 0 Å². The van der Waals surface area contributed by atoms with Crippen molar-refractivity contribution in [2.24, 2.45) is 0 Å². The van der Waals surface area contributed by atoms with Crippen LogP contribution in [0.1, 0.15) is 122 Å². The van der Waals surface area contributed by atoms with Gasteiger partial charge in [0.1, 0.15) is 0 Å². The molecule has 0 aromatic heterocycles. The number of unbranched alkanes of at least 4 members (excludes halogenated alkanes) is 15. The Balaban J connectivity index is 1.38. The Labute approximate surface area is 188 Å². The maximum atomic E-state index is 2.69. The Bertz CT molecular complexity index is 541. The summed E-state index contributed by atoms with van der Waals surface area (Å²) >= 11 is 0.637. The molecule has 1 heterocycles. The Hall–Kier alpha value is -0.461. The number of anilines is 1. The fourth-order valence-electron chi connectivity index (χ4n) is 4.53. The molecule has 1 nitrogen and oxygen atoms in total. The van der Waals surface area contributed by atoms with Crippen molar-refractivity contribution in [1.82, 2.24) is 0 Å². The minimum absolute atomic E-state index is 0.637. The molecule has 0 amide bonds. The molecule has 1 aliphatic heterocycles. The van der Waals surface area contributed by atoms with Gasteiger partial charge in [0.05, 0.1) is 0 Å². The first-order chi connectivity index (χ1) is 14.2. The van der Waals surface area contributed by atoms with E-state index in [-0.39, 0.29) is 0 Å². The van der Waals surface area contributed by atoms with E-state index in [0.29, 0.717) is 15.0 Å². The van der Waals surface area contributed by atoms with Crippen LogP contribution < -0.4 is 9.36 Å². The average Bonchev–Trinajstić information content (AvgIpc) is 3.02. The van der Waals surface area contributed by atoms with Gasteiger partial charge in [0.25, 0.3) is 0 Å². The summed E-state index contributed by atoms with van der Waals surface area (Å²) in [6.45, 7) is 8.21. The van der Waals surface area contributed by atoms with Gasteiger partial charge in [-0.1, -0.05) is 51.9 Å². The first-order valence-electron chi connectivity index (χ1n) is 12.8. The molecule has 0 N–H and O–H groups in total. The average molecular weight is 465 g/mol. The number of fused-ring (bicyclic) bond motifs is 1. The van der Waals surface area contributed by atoms with Gasteiger partial charge in [-0.2, -0.15) is 0 Å². The van der Waals surface area contributed by atoms with E-state index in [4.69, 9.17) is 0 Å². The summed E-state index contributed by atoms with van der Waals surface area (Å²) in [5.41, 5.74) is 2.95. The van der Waals surface area contributed by atoms with Crippen molar-refractivity contribution >= 4 is 25.1 Å². The second-order valence-corrected chi connectivity index (χ2v) is 12.0. The molecule has 1 atom stereocenters. The maximum absolute atomic E-state index is 2.69. The van der Waals surface area contributed by atoms with Gasteiger partial charge >= 0.3 is 137 Å². The Morgan fingerprint density at radius 3 is 1.72 bits per heavy atom. The predicted octanol–water partition coefficient (Wildman–Crippen LogP) is 7.75. The van der Waals surface area contributed by atoms with Gasteiger partial charge in [-0.05, 0) is 0 Å². The molecule has 0 saturated heterocycles. The van der Waals surface area contributed by atoms with Gasteiger partial charge < -0.3 is 0 Å². The van der Waals surface area contributed by atoms with Crippen LogP contribution in [0.4, 0.5) is 5.69 Å². The summed E-state index contributed by atoms with van der Waals surface area (Å²) in [5, 5.41) is 0. The summed E-state index contributed by atoms with van der Waals surface area (Å²) in [5.74, 6) is 0. The minimum atomic E-state index is 0.637. The number of rotatable bonds is 17. The number of hydrogen-bond acceptors (Lipinski definition) is 1. The van der Waals surface area contributed by atoms with E-state index >= 15 is 0 Å². The second kappa shape index (κ2) is 15.4. The third kappa shape index (κ3) is 9.93. The van der Waals surface area contributed by atoms with Gasteiger partial charge in [-0.15, -0.1) is 0 Å². The molecule has 2 rings (SSSR count). The molecular formula is C27H47NSe. The van der Waals surface area contributed by atoms with Crippen LogP contribution in [0.5, 0.6) is 0 Å². The molecule has 0 radical (unpaired) electrons. The van der Waals surface area contributed by atoms with Crippen LogP contribution in [0.2, 0.25) is 0 Å². The zero-order chi connectivity index (χ0) is 20.7. The van der Waals surface area contributed by atoms with Crippen molar-refractivity contribution in [2.75, 3.05) is 11.4 Å². The molecule has 1 unspecified atom stereocenters. The first-order valence-corrected chi connectivity index (χ1v) is 14.6. The van der Waals surface area contributed by atoms with Crippen LogP contribution in [0.3, 0.4) is 0 Å². The summed E-state index contributed by atoms with van der Waals surface area (Å²) in [6.07, 6.45) is 23.2. The summed E-state index contributed by atoms with van der Waals surface area (Å²) in [6, 6.07) is 7.06. The van der Waals surface area contributed by atoms with Gasteiger partial charge in [-0.3, -0.25) is 0 Å². The van der Waals surface area contributed by atoms with E-state index in [0.717, 1.165) is 4.94 Å². The number of hydrogen-bond donors (Lipinski definition) is 0. The summed E-state index contributed by atoms with van der Waals surface area (Å²) in [4.78, 5) is 3.43. The normalized spacial score (nSPS) is 15.8. The van der Waals surface area contributed by atoms with E-state index in [2.05, 4.69) is 43.9 Å². The zero-order valence-electron chi connectivity index (χ0n) is 19.7. The molecule has 0 spiro atoms. The fourth-order valence-corrected chi connectivity index (χ4v) is 6.96. The molecule has 1 aliphatic rings.